The molecule has 0 aliphatic rings. The smallest absolute Gasteiger partial charge is 0.263 e. The van der Waals surface area contributed by atoms with Crippen LogP contribution in [-0.2, 0) is 13.0 Å². The maximum atomic E-state index is 13.1. The summed E-state index contributed by atoms with van der Waals surface area (Å²) >= 11 is 1.51. The number of nitrogens with zero attached hydrogens (tertiary/aromatic N) is 2. The van der Waals surface area contributed by atoms with E-state index in [4.69, 9.17) is 4.74 Å². The molecule has 0 bridgehead atoms. The minimum atomic E-state index is -0.583. The van der Waals surface area contributed by atoms with Crippen LogP contribution in [0.3, 0.4) is 0 Å². The van der Waals surface area contributed by atoms with E-state index < -0.39 is 6.67 Å². The SMILES string of the molecule is CCc1nc2sc(C)c(-c3ccc(OC)c(C)c3)c2c(=O)n1CCF. The van der Waals surface area contributed by atoms with Crippen molar-refractivity contribution in [2.75, 3.05) is 13.8 Å². The predicted molar refractivity (Wildman–Crippen MR) is 101 cm³/mol. The molecule has 0 spiro atoms. The minimum Gasteiger partial charge on any atom is -0.496 e. The summed E-state index contributed by atoms with van der Waals surface area (Å²) in [4.78, 5) is 19.4. The van der Waals surface area contributed by atoms with Crippen LogP contribution >= 0.6 is 11.3 Å². The Labute approximate surface area is 149 Å². The molecule has 0 saturated heterocycles. The summed E-state index contributed by atoms with van der Waals surface area (Å²) in [7, 11) is 1.64. The zero-order valence-corrected chi connectivity index (χ0v) is 15.7. The zero-order valence-electron chi connectivity index (χ0n) is 14.9. The third kappa shape index (κ3) is 2.95. The largest absolute Gasteiger partial charge is 0.496 e. The third-order valence-corrected chi connectivity index (χ3v) is 5.37. The molecule has 132 valence electrons. The second-order valence-electron chi connectivity index (χ2n) is 5.93. The van der Waals surface area contributed by atoms with Crippen molar-refractivity contribution in [1.82, 2.24) is 9.55 Å². The topological polar surface area (TPSA) is 44.1 Å². The van der Waals surface area contributed by atoms with Crippen molar-refractivity contribution < 1.29 is 9.13 Å². The van der Waals surface area contributed by atoms with Crippen molar-refractivity contribution in [3.05, 3.63) is 44.8 Å². The fourth-order valence-electron chi connectivity index (χ4n) is 3.20. The van der Waals surface area contributed by atoms with Crippen molar-refractivity contribution >= 4 is 21.6 Å². The monoisotopic (exact) mass is 360 g/mol. The highest BCUT2D eigenvalue weighted by Crippen LogP contribution is 2.37. The number of benzene rings is 1. The van der Waals surface area contributed by atoms with Gasteiger partial charge in [0.05, 0.1) is 19.0 Å². The molecular formula is C19H21FN2O2S. The highest BCUT2D eigenvalue weighted by atomic mass is 32.1. The lowest BCUT2D eigenvalue weighted by molar-refractivity contribution is 0.412. The summed E-state index contributed by atoms with van der Waals surface area (Å²) in [6, 6.07) is 5.87. The van der Waals surface area contributed by atoms with Crippen LogP contribution < -0.4 is 10.3 Å². The van der Waals surface area contributed by atoms with Crippen molar-refractivity contribution in [1.29, 1.82) is 0 Å². The average Bonchev–Trinajstić information content (AvgIpc) is 2.93. The van der Waals surface area contributed by atoms with Gasteiger partial charge >= 0.3 is 0 Å². The summed E-state index contributed by atoms with van der Waals surface area (Å²) < 4.78 is 19.7. The van der Waals surface area contributed by atoms with Crippen LogP contribution in [0.5, 0.6) is 5.75 Å². The van der Waals surface area contributed by atoms with Crippen molar-refractivity contribution in [3.63, 3.8) is 0 Å². The Hall–Kier alpha value is -2.21. The highest BCUT2D eigenvalue weighted by molar-refractivity contribution is 7.19. The molecule has 0 aliphatic carbocycles. The van der Waals surface area contributed by atoms with Crippen molar-refractivity contribution in [3.8, 4) is 16.9 Å². The maximum absolute atomic E-state index is 13.1. The van der Waals surface area contributed by atoms with Crippen LogP contribution in [0.1, 0.15) is 23.2 Å². The molecule has 4 nitrogen and oxygen atoms in total. The molecule has 0 radical (unpaired) electrons. The Morgan fingerprint density at radius 3 is 2.68 bits per heavy atom. The van der Waals surface area contributed by atoms with Crippen LogP contribution in [0.4, 0.5) is 4.39 Å². The summed E-state index contributed by atoms with van der Waals surface area (Å²) in [5, 5.41) is 0.581. The van der Waals surface area contributed by atoms with Crippen LogP contribution in [0, 0.1) is 13.8 Å². The Bertz CT molecular complexity index is 991. The highest BCUT2D eigenvalue weighted by Gasteiger charge is 2.19. The Morgan fingerprint density at radius 2 is 2.08 bits per heavy atom. The van der Waals surface area contributed by atoms with E-state index in [1.807, 2.05) is 39.0 Å². The van der Waals surface area contributed by atoms with Gasteiger partial charge in [0.2, 0.25) is 0 Å². The standard InChI is InChI=1S/C19H21FN2O2S/c1-5-15-21-18-17(19(23)22(15)9-8-20)16(12(3)25-18)13-6-7-14(24-4)11(2)10-13/h6-7,10H,5,8-9H2,1-4H3. The van der Waals surface area contributed by atoms with E-state index in [0.717, 1.165) is 32.1 Å². The number of hydrogen-bond acceptors (Lipinski definition) is 4. The van der Waals surface area contributed by atoms with Gasteiger partial charge in [-0.1, -0.05) is 13.0 Å². The van der Waals surface area contributed by atoms with E-state index in [1.165, 1.54) is 15.9 Å². The number of alkyl halides is 1. The summed E-state index contributed by atoms with van der Waals surface area (Å²) in [6.07, 6.45) is 0.596. The first-order valence-corrected chi connectivity index (χ1v) is 9.07. The molecule has 0 atom stereocenters. The summed E-state index contributed by atoms with van der Waals surface area (Å²) in [6.45, 7) is 5.35. The first-order valence-electron chi connectivity index (χ1n) is 8.25. The molecule has 2 heterocycles. The van der Waals surface area contributed by atoms with Crippen molar-refractivity contribution in [2.45, 2.75) is 33.7 Å². The summed E-state index contributed by atoms with van der Waals surface area (Å²) in [5.74, 6) is 1.44. The third-order valence-electron chi connectivity index (χ3n) is 4.37. The van der Waals surface area contributed by atoms with Gasteiger partial charge in [0, 0.05) is 16.9 Å². The van der Waals surface area contributed by atoms with E-state index in [1.54, 1.807) is 7.11 Å². The Morgan fingerprint density at radius 1 is 1.32 bits per heavy atom. The molecule has 2 aromatic heterocycles. The summed E-state index contributed by atoms with van der Waals surface area (Å²) in [5.41, 5.74) is 2.68. The van der Waals surface area contributed by atoms with E-state index in [0.29, 0.717) is 17.6 Å². The number of ether oxygens (including phenoxy) is 1. The molecule has 1 aromatic carbocycles. The van der Waals surface area contributed by atoms with E-state index >= 15 is 0 Å². The molecule has 25 heavy (non-hydrogen) atoms. The molecule has 6 heteroatoms. The number of hydrogen-bond donors (Lipinski definition) is 0. The number of aryl methyl sites for hydroxylation is 3. The molecule has 0 unspecified atom stereocenters. The van der Waals surface area contributed by atoms with E-state index in [9.17, 15) is 9.18 Å². The van der Waals surface area contributed by atoms with Crippen LogP contribution in [0.2, 0.25) is 0 Å². The van der Waals surface area contributed by atoms with Gasteiger partial charge in [0.1, 0.15) is 23.1 Å². The van der Waals surface area contributed by atoms with Gasteiger partial charge in [-0.3, -0.25) is 9.36 Å². The Kier molecular flexibility index (Phi) is 4.90. The lowest BCUT2D eigenvalue weighted by Crippen LogP contribution is -2.25. The number of thiophene rings is 1. The molecule has 0 amide bonds. The van der Waals surface area contributed by atoms with E-state index in [2.05, 4.69) is 4.98 Å². The first kappa shape index (κ1) is 17.6. The normalized spacial score (nSPS) is 11.2. The van der Waals surface area contributed by atoms with E-state index in [-0.39, 0.29) is 12.1 Å². The molecule has 0 aliphatic heterocycles. The molecule has 0 fully saturated rings. The van der Waals surface area contributed by atoms with Crippen LogP contribution in [0.25, 0.3) is 21.3 Å². The van der Waals surface area contributed by atoms with Crippen LogP contribution in [0.15, 0.2) is 23.0 Å². The number of rotatable bonds is 5. The second kappa shape index (κ2) is 6.96. The maximum Gasteiger partial charge on any atom is 0.263 e. The number of methoxy groups -OCH3 is 1. The van der Waals surface area contributed by atoms with Crippen molar-refractivity contribution in [2.24, 2.45) is 0 Å². The van der Waals surface area contributed by atoms with Gasteiger partial charge in [0.25, 0.3) is 5.56 Å². The molecule has 0 N–H and O–H groups in total. The van der Waals surface area contributed by atoms with Gasteiger partial charge in [-0.15, -0.1) is 11.3 Å². The average molecular weight is 360 g/mol. The lowest BCUT2D eigenvalue weighted by atomic mass is 10.0. The molecular weight excluding hydrogens is 339 g/mol. The molecule has 0 saturated carbocycles. The van der Waals surface area contributed by atoms with Gasteiger partial charge in [-0.25, -0.2) is 9.37 Å². The fourth-order valence-corrected chi connectivity index (χ4v) is 4.26. The quantitative estimate of drug-likeness (QED) is 0.682. The molecule has 3 rings (SSSR count). The lowest BCUT2D eigenvalue weighted by Gasteiger charge is -2.11. The predicted octanol–water partition coefficient (Wildman–Crippen LogP) is 4.28. The molecule has 3 aromatic rings. The van der Waals surface area contributed by atoms with Gasteiger partial charge in [-0.2, -0.15) is 0 Å². The number of aromatic nitrogens is 2. The minimum absolute atomic E-state index is 0.0426. The fraction of sp³-hybridized carbons (Fsp3) is 0.368. The number of fused-ring (bicyclic) bond motifs is 1. The van der Waals surface area contributed by atoms with Crippen LogP contribution in [-0.4, -0.2) is 23.3 Å². The second-order valence-corrected chi connectivity index (χ2v) is 7.13. The zero-order chi connectivity index (χ0) is 18.1. The Balaban J connectivity index is 2.32. The van der Waals surface area contributed by atoms with Gasteiger partial charge < -0.3 is 4.74 Å². The first-order chi connectivity index (χ1) is 12.0. The number of halogens is 1. The van der Waals surface area contributed by atoms with Gasteiger partial charge in [-0.05, 0) is 37.1 Å². The van der Waals surface area contributed by atoms with Gasteiger partial charge in [0.15, 0.2) is 0 Å².